The third-order valence-corrected chi connectivity index (χ3v) is 5.02. The van der Waals surface area contributed by atoms with Gasteiger partial charge in [-0.2, -0.15) is 0 Å². The minimum Gasteiger partial charge on any atom is -0.360 e. The SMILES string of the molecule is Cc1onc(-c2c(F)cccc2Cl)c1C(=O)NCCN1CCCCCC1. The van der Waals surface area contributed by atoms with Gasteiger partial charge in [0.05, 0.1) is 10.6 Å². The van der Waals surface area contributed by atoms with Gasteiger partial charge >= 0.3 is 0 Å². The molecule has 7 heteroatoms. The molecule has 1 aliphatic rings. The minimum atomic E-state index is -0.538. The van der Waals surface area contributed by atoms with Gasteiger partial charge in [-0.25, -0.2) is 4.39 Å². The molecule has 0 bridgehead atoms. The molecule has 0 radical (unpaired) electrons. The molecule has 1 amide bonds. The highest BCUT2D eigenvalue weighted by Gasteiger charge is 2.25. The Kier molecular flexibility index (Phi) is 6.27. The first-order chi connectivity index (χ1) is 12.6. The summed E-state index contributed by atoms with van der Waals surface area (Å²) < 4.78 is 19.4. The highest BCUT2D eigenvalue weighted by molar-refractivity contribution is 6.33. The van der Waals surface area contributed by atoms with Crippen molar-refractivity contribution in [1.82, 2.24) is 15.4 Å². The molecule has 1 aliphatic heterocycles. The number of amides is 1. The molecule has 5 nitrogen and oxygen atoms in total. The maximum atomic E-state index is 14.2. The number of halogens is 2. The lowest BCUT2D eigenvalue weighted by molar-refractivity contribution is 0.0947. The molecule has 0 spiro atoms. The summed E-state index contributed by atoms with van der Waals surface area (Å²) in [6.07, 6.45) is 4.95. The van der Waals surface area contributed by atoms with Crippen LogP contribution in [0.25, 0.3) is 11.3 Å². The highest BCUT2D eigenvalue weighted by atomic mass is 35.5. The smallest absolute Gasteiger partial charge is 0.257 e. The third kappa shape index (κ3) is 4.24. The number of carbonyl (C=O) groups excluding carboxylic acids is 1. The van der Waals surface area contributed by atoms with Gasteiger partial charge in [-0.1, -0.05) is 35.7 Å². The lowest BCUT2D eigenvalue weighted by Gasteiger charge is -2.19. The summed E-state index contributed by atoms with van der Waals surface area (Å²) in [7, 11) is 0. The zero-order chi connectivity index (χ0) is 18.5. The van der Waals surface area contributed by atoms with Crippen molar-refractivity contribution in [1.29, 1.82) is 0 Å². The van der Waals surface area contributed by atoms with Gasteiger partial charge in [0.25, 0.3) is 5.91 Å². The highest BCUT2D eigenvalue weighted by Crippen LogP contribution is 2.33. The van der Waals surface area contributed by atoms with Crippen molar-refractivity contribution < 1.29 is 13.7 Å². The van der Waals surface area contributed by atoms with E-state index in [-0.39, 0.29) is 27.8 Å². The Morgan fingerprint density at radius 3 is 2.73 bits per heavy atom. The fourth-order valence-corrected chi connectivity index (χ4v) is 3.56. The van der Waals surface area contributed by atoms with Crippen LogP contribution in [-0.2, 0) is 0 Å². The lowest BCUT2D eigenvalue weighted by Crippen LogP contribution is -2.35. The predicted octanol–water partition coefficient (Wildman–Crippen LogP) is 4.05. The lowest BCUT2D eigenvalue weighted by atomic mass is 10.0. The number of aromatic nitrogens is 1. The van der Waals surface area contributed by atoms with Crippen molar-refractivity contribution >= 4 is 17.5 Å². The van der Waals surface area contributed by atoms with E-state index in [0.29, 0.717) is 12.3 Å². The van der Waals surface area contributed by atoms with Gasteiger partial charge < -0.3 is 14.7 Å². The van der Waals surface area contributed by atoms with E-state index < -0.39 is 5.82 Å². The van der Waals surface area contributed by atoms with E-state index in [1.807, 2.05) is 0 Å². The van der Waals surface area contributed by atoms with E-state index in [4.69, 9.17) is 16.1 Å². The van der Waals surface area contributed by atoms with Crippen molar-refractivity contribution in [2.24, 2.45) is 0 Å². The normalized spacial score (nSPS) is 15.7. The van der Waals surface area contributed by atoms with E-state index in [0.717, 1.165) is 19.6 Å². The van der Waals surface area contributed by atoms with Gasteiger partial charge in [-0.3, -0.25) is 4.79 Å². The van der Waals surface area contributed by atoms with Crippen LogP contribution in [0.5, 0.6) is 0 Å². The second-order valence-corrected chi connectivity index (χ2v) is 6.98. The van der Waals surface area contributed by atoms with Crippen LogP contribution in [0, 0.1) is 12.7 Å². The van der Waals surface area contributed by atoms with Gasteiger partial charge in [0.15, 0.2) is 0 Å². The summed E-state index contributed by atoms with van der Waals surface area (Å²) in [6, 6.07) is 4.35. The number of aryl methyl sites for hydroxylation is 1. The molecule has 0 atom stereocenters. The van der Waals surface area contributed by atoms with Gasteiger partial charge in [0, 0.05) is 13.1 Å². The Bertz CT molecular complexity index is 750. The van der Waals surface area contributed by atoms with Crippen molar-refractivity contribution in [3.05, 3.63) is 40.4 Å². The summed E-state index contributed by atoms with van der Waals surface area (Å²) in [6.45, 7) is 5.09. The Morgan fingerprint density at radius 2 is 2.04 bits per heavy atom. The van der Waals surface area contributed by atoms with Crippen molar-refractivity contribution in [2.75, 3.05) is 26.2 Å². The van der Waals surface area contributed by atoms with Crippen LogP contribution in [0.4, 0.5) is 4.39 Å². The average Bonchev–Trinajstić information content (AvgIpc) is 2.81. The van der Waals surface area contributed by atoms with E-state index in [2.05, 4.69) is 15.4 Å². The third-order valence-electron chi connectivity index (χ3n) is 4.70. The largest absolute Gasteiger partial charge is 0.360 e. The molecule has 0 unspecified atom stereocenters. The monoisotopic (exact) mass is 379 g/mol. The molecule has 2 heterocycles. The summed E-state index contributed by atoms with van der Waals surface area (Å²) >= 11 is 6.11. The van der Waals surface area contributed by atoms with Gasteiger partial charge in [0.1, 0.15) is 22.8 Å². The van der Waals surface area contributed by atoms with E-state index in [1.165, 1.54) is 37.8 Å². The van der Waals surface area contributed by atoms with E-state index in [9.17, 15) is 9.18 Å². The molecule has 1 fully saturated rings. The molecule has 1 aromatic carbocycles. The van der Waals surface area contributed by atoms with Crippen LogP contribution in [-0.4, -0.2) is 42.1 Å². The molecular weight excluding hydrogens is 357 g/mol. The number of nitrogens with one attached hydrogen (secondary N) is 1. The molecule has 1 aromatic heterocycles. The molecule has 140 valence electrons. The van der Waals surface area contributed by atoms with E-state index >= 15 is 0 Å². The average molecular weight is 380 g/mol. The molecule has 1 N–H and O–H groups in total. The second-order valence-electron chi connectivity index (χ2n) is 6.57. The first-order valence-corrected chi connectivity index (χ1v) is 9.37. The Balaban J connectivity index is 1.71. The zero-order valence-electron chi connectivity index (χ0n) is 14.9. The first kappa shape index (κ1) is 18.9. The summed E-state index contributed by atoms with van der Waals surface area (Å²) in [4.78, 5) is 15.0. The molecule has 3 rings (SSSR count). The minimum absolute atomic E-state index is 0.0867. The molecule has 0 saturated carbocycles. The zero-order valence-corrected chi connectivity index (χ0v) is 15.6. The first-order valence-electron chi connectivity index (χ1n) is 8.99. The molecule has 2 aromatic rings. The molecule has 0 aliphatic carbocycles. The number of benzene rings is 1. The van der Waals surface area contributed by atoms with Crippen LogP contribution >= 0.6 is 11.6 Å². The van der Waals surface area contributed by atoms with Crippen molar-refractivity contribution in [2.45, 2.75) is 32.6 Å². The standard InChI is InChI=1S/C19H23ClFN3O2/c1-13-16(18(23-26-13)17-14(20)7-6-8-15(17)21)19(25)22-9-12-24-10-4-2-3-5-11-24/h6-8H,2-5,9-12H2,1H3,(H,22,25). The topological polar surface area (TPSA) is 58.4 Å². The van der Waals surface area contributed by atoms with Crippen molar-refractivity contribution in [3.8, 4) is 11.3 Å². The number of rotatable bonds is 5. The molecule has 1 saturated heterocycles. The quantitative estimate of drug-likeness (QED) is 0.851. The van der Waals surface area contributed by atoms with Gasteiger partial charge in [-0.05, 0) is 45.0 Å². The Morgan fingerprint density at radius 1 is 1.31 bits per heavy atom. The van der Waals surface area contributed by atoms with Crippen molar-refractivity contribution in [3.63, 3.8) is 0 Å². The number of hydrogen-bond acceptors (Lipinski definition) is 4. The fraction of sp³-hybridized carbons (Fsp3) is 0.474. The molecular formula is C19H23ClFN3O2. The van der Waals surface area contributed by atoms with Gasteiger partial charge in [0.2, 0.25) is 0 Å². The predicted molar refractivity (Wildman–Crippen MR) is 98.9 cm³/mol. The number of likely N-dealkylation sites (tertiary alicyclic amines) is 1. The second kappa shape index (κ2) is 8.64. The van der Waals surface area contributed by atoms with Crippen LogP contribution in [0.15, 0.2) is 22.7 Å². The summed E-state index contributed by atoms with van der Waals surface area (Å²) in [5.41, 5.74) is 0.453. The van der Waals surface area contributed by atoms with E-state index in [1.54, 1.807) is 13.0 Å². The maximum Gasteiger partial charge on any atom is 0.257 e. The summed E-state index contributed by atoms with van der Waals surface area (Å²) in [5.74, 6) is -0.524. The van der Waals surface area contributed by atoms with Crippen LogP contribution in [0.2, 0.25) is 5.02 Å². The Labute approximate surface area is 157 Å². The summed E-state index contributed by atoms with van der Waals surface area (Å²) in [5, 5.41) is 6.96. The van der Waals surface area contributed by atoms with Crippen LogP contribution in [0.1, 0.15) is 41.8 Å². The number of hydrogen-bond donors (Lipinski definition) is 1. The van der Waals surface area contributed by atoms with Crippen LogP contribution < -0.4 is 5.32 Å². The number of nitrogens with zero attached hydrogens (tertiary/aromatic N) is 2. The fourth-order valence-electron chi connectivity index (χ4n) is 3.31. The molecule has 26 heavy (non-hydrogen) atoms. The Hall–Kier alpha value is -1.92. The van der Waals surface area contributed by atoms with Crippen LogP contribution in [0.3, 0.4) is 0 Å². The number of carbonyl (C=O) groups is 1. The van der Waals surface area contributed by atoms with Gasteiger partial charge in [-0.15, -0.1) is 0 Å². The maximum absolute atomic E-state index is 14.2.